The van der Waals surface area contributed by atoms with E-state index in [9.17, 15) is 19.8 Å². The van der Waals surface area contributed by atoms with Crippen LogP contribution in [0.5, 0.6) is 11.5 Å². The third-order valence-electron chi connectivity index (χ3n) is 9.00. The average Bonchev–Trinajstić information content (AvgIpc) is 2.93. The van der Waals surface area contributed by atoms with Gasteiger partial charge in [0, 0.05) is 19.3 Å². The van der Waals surface area contributed by atoms with E-state index in [1.165, 1.54) is 0 Å². The van der Waals surface area contributed by atoms with Crippen LogP contribution in [0.25, 0.3) is 0 Å². The second-order valence-electron chi connectivity index (χ2n) is 17.7. The van der Waals surface area contributed by atoms with Gasteiger partial charge in [-0.3, -0.25) is 9.59 Å². The number of rotatable bonds is 13. The van der Waals surface area contributed by atoms with Gasteiger partial charge in [-0.2, -0.15) is 0 Å². The maximum absolute atomic E-state index is 13.1. The zero-order chi connectivity index (χ0) is 36.8. The number of phenolic OH excluding ortho intramolecular Hbond substituents is 2. The summed E-state index contributed by atoms with van der Waals surface area (Å²) in [6.45, 7) is 29.0. The minimum absolute atomic E-state index is 0.229. The van der Waals surface area contributed by atoms with E-state index in [-0.39, 0.29) is 58.6 Å². The first-order chi connectivity index (χ1) is 21.9. The van der Waals surface area contributed by atoms with Crippen molar-refractivity contribution in [2.75, 3.05) is 0 Å². The smallest absolute Gasteiger partial charge is 0.306 e. The molecule has 2 atom stereocenters. The molecule has 6 heteroatoms. The number of aryl methyl sites for hydroxylation is 2. The summed E-state index contributed by atoms with van der Waals surface area (Å²) in [5.41, 5.74) is 4.56. The van der Waals surface area contributed by atoms with Gasteiger partial charge in [-0.15, -0.1) is 0 Å². The first-order valence-electron chi connectivity index (χ1n) is 18.0. The van der Waals surface area contributed by atoms with Gasteiger partial charge in [0.2, 0.25) is 0 Å². The van der Waals surface area contributed by atoms with E-state index < -0.39 is 0 Å². The van der Waals surface area contributed by atoms with Gasteiger partial charge in [-0.1, -0.05) is 128 Å². The van der Waals surface area contributed by atoms with Crippen molar-refractivity contribution < 1.29 is 29.3 Å². The number of aromatic hydroxyl groups is 2. The Morgan fingerprint density at radius 2 is 0.896 bits per heavy atom. The van der Waals surface area contributed by atoms with Gasteiger partial charge in [0.25, 0.3) is 0 Å². The zero-order valence-corrected chi connectivity index (χ0v) is 32.6. The predicted octanol–water partition coefficient (Wildman–Crippen LogP) is 10.3. The van der Waals surface area contributed by atoms with E-state index in [0.29, 0.717) is 43.6 Å². The third-order valence-corrected chi connectivity index (χ3v) is 9.00. The van der Waals surface area contributed by atoms with Crippen LogP contribution in [0.2, 0.25) is 0 Å². The summed E-state index contributed by atoms with van der Waals surface area (Å²) in [4.78, 5) is 26.2. The molecule has 2 unspecified atom stereocenters. The normalized spacial score (nSPS) is 14.0. The molecule has 0 amide bonds. The Morgan fingerprint density at radius 3 is 1.17 bits per heavy atom. The Hall–Kier alpha value is -3.02. The molecule has 0 aliphatic rings. The Kier molecular flexibility index (Phi) is 13.8. The quantitative estimate of drug-likeness (QED) is 0.207. The second kappa shape index (κ2) is 16.1. The molecule has 0 aliphatic carbocycles. The van der Waals surface area contributed by atoms with Gasteiger partial charge in [-0.25, -0.2) is 0 Å². The van der Waals surface area contributed by atoms with Gasteiger partial charge in [0.15, 0.2) is 0 Å². The first kappa shape index (κ1) is 41.2. The summed E-state index contributed by atoms with van der Waals surface area (Å²) >= 11 is 0. The summed E-state index contributed by atoms with van der Waals surface area (Å²) < 4.78 is 11.9. The monoisotopic (exact) mass is 666 g/mol. The lowest BCUT2D eigenvalue weighted by Crippen LogP contribution is -2.27. The summed E-state index contributed by atoms with van der Waals surface area (Å²) in [5, 5.41) is 22.1. The fourth-order valence-corrected chi connectivity index (χ4v) is 6.08. The van der Waals surface area contributed by atoms with Crippen LogP contribution >= 0.6 is 0 Å². The van der Waals surface area contributed by atoms with Crippen molar-refractivity contribution in [3.63, 3.8) is 0 Å². The molecule has 270 valence electrons. The van der Waals surface area contributed by atoms with Crippen molar-refractivity contribution in [1.29, 1.82) is 0 Å². The fraction of sp³-hybridized carbons (Fsp3) is 0.667. The fourth-order valence-electron chi connectivity index (χ4n) is 6.08. The maximum atomic E-state index is 13.1. The minimum atomic E-state index is -0.349. The lowest BCUT2D eigenvalue weighted by atomic mass is 9.78. The Labute approximate surface area is 292 Å². The molecule has 0 aromatic heterocycles. The molecule has 0 spiro atoms. The van der Waals surface area contributed by atoms with Crippen LogP contribution < -0.4 is 0 Å². The van der Waals surface area contributed by atoms with Crippen molar-refractivity contribution in [3.8, 4) is 11.5 Å². The molecular formula is C42H66O6. The lowest BCUT2D eigenvalue weighted by Gasteiger charge is -2.28. The second-order valence-corrected chi connectivity index (χ2v) is 17.7. The van der Waals surface area contributed by atoms with Crippen LogP contribution in [0.4, 0.5) is 0 Å². The minimum Gasteiger partial charge on any atom is -0.507 e. The molecule has 6 nitrogen and oxygen atoms in total. The van der Waals surface area contributed by atoms with Crippen LogP contribution in [0.3, 0.4) is 0 Å². The first-order valence-corrected chi connectivity index (χ1v) is 18.0. The number of phenols is 2. The maximum Gasteiger partial charge on any atom is 0.306 e. The number of carbonyl (C=O) groups excluding carboxylic acids is 2. The predicted molar refractivity (Wildman–Crippen MR) is 197 cm³/mol. The summed E-state index contributed by atoms with van der Waals surface area (Å²) in [6.07, 6.45) is 3.43. The summed E-state index contributed by atoms with van der Waals surface area (Å²) in [7, 11) is 0. The molecule has 0 bridgehead atoms. The SMILES string of the molecule is CCCC(CC(CC)OC(=O)CCc1cc(C(C)(C)C)c(O)c(C(C)(C)C)c1)OC(=O)CCc1cc(C(C)(C)C)c(O)c(C(C)(C)C)c1. The molecule has 0 heterocycles. The Morgan fingerprint density at radius 1 is 0.583 bits per heavy atom. The van der Waals surface area contributed by atoms with Crippen LogP contribution in [-0.4, -0.2) is 34.4 Å². The molecule has 0 aliphatic heterocycles. The van der Waals surface area contributed by atoms with Gasteiger partial charge in [0.1, 0.15) is 23.7 Å². The van der Waals surface area contributed by atoms with E-state index >= 15 is 0 Å². The zero-order valence-electron chi connectivity index (χ0n) is 32.6. The number of esters is 2. The average molecular weight is 667 g/mol. The molecule has 2 aromatic carbocycles. The third kappa shape index (κ3) is 11.8. The van der Waals surface area contributed by atoms with Crippen LogP contribution in [-0.2, 0) is 53.6 Å². The number of hydrogen-bond acceptors (Lipinski definition) is 6. The standard InChI is InChI=1S/C42H66O6/c1-15-17-30(48-36(44)21-19-28-24-33(41(9,10)11)38(46)34(25-28)42(12,13)14)26-29(16-2)47-35(43)20-18-27-22-31(39(3,4)5)37(45)32(23-27)40(6,7)8/h22-25,29-30,45-46H,15-21,26H2,1-14H3. The van der Waals surface area contributed by atoms with Crippen molar-refractivity contribution in [2.24, 2.45) is 0 Å². The molecule has 0 saturated heterocycles. The van der Waals surface area contributed by atoms with Gasteiger partial charge in [-0.05, 0) is 80.7 Å². The molecule has 48 heavy (non-hydrogen) atoms. The molecule has 0 radical (unpaired) electrons. The molecule has 2 aromatic rings. The van der Waals surface area contributed by atoms with Gasteiger partial charge in [0.05, 0.1) is 0 Å². The van der Waals surface area contributed by atoms with E-state index in [1.807, 2.05) is 31.2 Å². The van der Waals surface area contributed by atoms with Crippen LogP contribution in [0.1, 0.15) is 169 Å². The van der Waals surface area contributed by atoms with Crippen LogP contribution in [0.15, 0.2) is 24.3 Å². The van der Waals surface area contributed by atoms with Crippen molar-refractivity contribution in [2.45, 2.75) is 182 Å². The van der Waals surface area contributed by atoms with E-state index in [2.05, 4.69) is 90.0 Å². The number of ether oxygens (including phenoxy) is 2. The molecule has 2 N–H and O–H groups in total. The Balaban J connectivity index is 2.09. The highest BCUT2D eigenvalue weighted by molar-refractivity contribution is 5.71. The topological polar surface area (TPSA) is 93.1 Å². The largest absolute Gasteiger partial charge is 0.507 e. The van der Waals surface area contributed by atoms with Crippen molar-refractivity contribution >= 4 is 11.9 Å². The van der Waals surface area contributed by atoms with Crippen molar-refractivity contribution in [1.82, 2.24) is 0 Å². The molecular weight excluding hydrogens is 600 g/mol. The highest BCUT2D eigenvalue weighted by Gasteiger charge is 2.29. The number of hydrogen-bond donors (Lipinski definition) is 2. The number of carbonyl (C=O) groups is 2. The highest BCUT2D eigenvalue weighted by atomic mass is 16.6. The lowest BCUT2D eigenvalue weighted by molar-refractivity contribution is -0.155. The Bertz CT molecular complexity index is 1320. The number of benzene rings is 2. The van der Waals surface area contributed by atoms with Gasteiger partial charge >= 0.3 is 11.9 Å². The van der Waals surface area contributed by atoms with Gasteiger partial charge < -0.3 is 19.7 Å². The highest BCUT2D eigenvalue weighted by Crippen LogP contribution is 2.41. The molecule has 2 rings (SSSR count). The van der Waals surface area contributed by atoms with Crippen LogP contribution in [0, 0.1) is 0 Å². The van der Waals surface area contributed by atoms with E-state index in [0.717, 1.165) is 39.8 Å². The van der Waals surface area contributed by atoms with E-state index in [4.69, 9.17) is 9.47 Å². The van der Waals surface area contributed by atoms with Crippen molar-refractivity contribution in [3.05, 3.63) is 57.6 Å². The molecule has 0 saturated carbocycles. The molecule has 0 fully saturated rings. The van der Waals surface area contributed by atoms with E-state index in [1.54, 1.807) is 0 Å². The summed E-state index contributed by atoms with van der Waals surface area (Å²) in [6, 6.07) is 8.05. The summed E-state index contributed by atoms with van der Waals surface area (Å²) in [5.74, 6) is 0.116.